The molecule has 0 amide bonds. The highest BCUT2D eigenvalue weighted by molar-refractivity contribution is 7.80. The molecule has 0 spiro atoms. The van der Waals surface area contributed by atoms with Gasteiger partial charge in [-0.15, -0.1) is 12.6 Å². The quantitative estimate of drug-likeness (QED) is 0.690. The Bertz CT molecular complexity index is 453. The average Bonchev–Trinajstić information content (AvgIpc) is 2.30. The van der Waals surface area contributed by atoms with Crippen LogP contribution < -0.4 is 0 Å². The molecule has 4 fully saturated rings. The van der Waals surface area contributed by atoms with E-state index < -0.39 is 0 Å². The first-order valence-electron chi connectivity index (χ1n) is 7.45. The van der Waals surface area contributed by atoms with Crippen molar-refractivity contribution in [3.63, 3.8) is 0 Å². The molecule has 0 saturated heterocycles. The van der Waals surface area contributed by atoms with E-state index in [0.29, 0.717) is 5.41 Å². The minimum atomic E-state index is 0.498. The van der Waals surface area contributed by atoms with E-state index in [0.717, 1.165) is 17.8 Å². The van der Waals surface area contributed by atoms with Gasteiger partial charge in [0.15, 0.2) is 0 Å². The molecule has 4 aliphatic carbocycles. The third-order valence-electron chi connectivity index (χ3n) is 5.76. The van der Waals surface area contributed by atoms with Gasteiger partial charge in [-0.25, -0.2) is 0 Å². The summed E-state index contributed by atoms with van der Waals surface area (Å²) < 4.78 is 0. The van der Waals surface area contributed by atoms with Gasteiger partial charge in [-0.05, 0) is 80.2 Å². The molecule has 0 aliphatic heterocycles. The fraction of sp³-hybridized carbons (Fsp3) is 0.647. The van der Waals surface area contributed by atoms with E-state index in [2.05, 4.69) is 25.1 Å². The lowest BCUT2D eigenvalue weighted by atomic mass is 9.48. The van der Waals surface area contributed by atoms with Crippen molar-refractivity contribution in [3.8, 4) is 0 Å². The number of rotatable bonds is 1. The van der Waals surface area contributed by atoms with Crippen molar-refractivity contribution in [2.45, 2.75) is 55.8 Å². The highest BCUT2D eigenvalue weighted by Crippen LogP contribution is 2.61. The summed E-state index contributed by atoms with van der Waals surface area (Å²) in [6.45, 7) is 2.22. The van der Waals surface area contributed by atoms with E-state index in [1.54, 1.807) is 5.56 Å². The van der Waals surface area contributed by atoms with Crippen molar-refractivity contribution in [2.24, 2.45) is 17.8 Å². The summed E-state index contributed by atoms with van der Waals surface area (Å²) in [6.07, 6.45) is 8.88. The second kappa shape index (κ2) is 3.79. The lowest BCUT2D eigenvalue weighted by Crippen LogP contribution is -2.48. The van der Waals surface area contributed by atoms with Gasteiger partial charge in [0.2, 0.25) is 0 Å². The van der Waals surface area contributed by atoms with Gasteiger partial charge in [-0.3, -0.25) is 0 Å². The van der Waals surface area contributed by atoms with E-state index in [-0.39, 0.29) is 0 Å². The minimum Gasteiger partial charge on any atom is -0.143 e. The Kier molecular flexibility index (Phi) is 2.40. The molecule has 0 N–H and O–H groups in total. The Morgan fingerprint density at radius 1 is 1.00 bits per heavy atom. The molecular weight excluding hydrogens is 236 g/mol. The van der Waals surface area contributed by atoms with Crippen LogP contribution in [0.2, 0.25) is 0 Å². The molecule has 0 atom stereocenters. The van der Waals surface area contributed by atoms with Crippen LogP contribution in [0, 0.1) is 24.7 Å². The van der Waals surface area contributed by atoms with Crippen LogP contribution in [0.25, 0.3) is 0 Å². The molecule has 1 aromatic rings. The zero-order valence-corrected chi connectivity index (χ0v) is 12.0. The summed E-state index contributed by atoms with van der Waals surface area (Å²) in [4.78, 5) is 1.24. The second-order valence-electron chi connectivity index (χ2n) is 7.22. The van der Waals surface area contributed by atoms with Crippen molar-refractivity contribution in [3.05, 3.63) is 29.3 Å². The Balaban J connectivity index is 1.81. The fourth-order valence-corrected chi connectivity index (χ4v) is 5.89. The lowest BCUT2D eigenvalue weighted by Gasteiger charge is -2.57. The molecule has 5 rings (SSSR count). The van der Waals surface area contributed by atoms with Crippen LogP contribution >= 0.6 is 12.6 Å². The predicted octanol–water partition coefficient (Wildman–Crippen LogP) is 4.75. The molecule has 0 nitrogen and oxygen atoms in total. The summed E-state index contributed by atoms with van der Waals surface area (Å²) in [5.41, 5.74) is 3.47. The van der Waals surface area contributed by atoms with Gasteiger partial charge < -0.3 is 0 Å². The predicted molar refractivity (Wildman–Crippen MR) is 78.3 cm³/mol. The van der Waals surface area contributed by atoms with Gasteiger partial charge >= 0.3 is 0 Å². The standard InChI is InChI=1S/C17H22S/c1-11-2-3-16(18)15(4-11)17-8-12-5-13(9-17)7-14(6-12)10-17/h2-4,12-14,18H,5-10H2,1H3. The van der Waals surface area contributed by atoms with Crippen LogP contribution in [0.5, 0.6) is 0 Å². The van der Waals surface area contributed by atoms with Crippen molar-refractivity contribution < 1.29 is 0 Å². The normalized spacial score (nSPS) is 41.3. The van der Waals surface area contributed by atoms with Gasteiger partial charge in [0.1, 0.15) is 0 Å². The van der Waals surface area contributed by atoms with E-state index in [4.69, 9.17) is 12.6 Å². The first-order chi connectivity index (χ1) is 8.64. The highest BCUT2D eigenvalue weighted by Gasteiger charge is 2.51. The van der Waals surface area contributed by atoms with Crippen LogP contribution in [-0.2, 0) is 5.41 Å². The summed E-state index contributed by atoms with van der Waals surface area (Å²) in [6, 6.07) is 6.84. The van der Waals surface area contributed by atoms with Crippen molar-refractivity contribution in [1.29, 1.82) is 0 Å². The number of benzene rings is 1. The summed E-state index contributed by atoms with van der Waals surface area (Å²) in [5.74, 6) is 3.05. The van der Waals surface area contributed by atoms with E-state index in [9.17, 15) is 0 Å². The molecule has 1 aromatic carbocycles. The van der Waals surface area contributed by atoms with E-state index >= 15 is 0 Å². The molecule has 4 aliphatic rings. The van der Waals surface area contributed by atoms with E-state index in [1.165, 1.54) is 49.0 Å². The SMILES string of the molecule is Cc1ccc(S)c(C23CC4CC(CC(C4)C2)C3)c1. The van der Waals surface area contributed by atoms with Crippen molar-refractivity contribution in [1.82, 2.24) is 0 Å². The highest BCUT2D eigenvalue weighted by atomic mass is 32.1. The molecule has 0 aromatic heterocycles. The molecule has 0 radical (unpaired) electrons. The van der Waals surface area contributed by atoms with Gasteiger partial charge in [0, 0.05) is 4.90 Å². The molecule has 0 unspecified atom stereocenters. The summed E-state index contributed by atoms with van der Waals surface area (Å²) >= 11 is 4.76. The number of hydrogen-bond donors (Lipinski definition) is 1. The topological polar surface area (TPSA) is 0 Å². The Hall–Kier alpha value is -0.430. The van der Waals surface area contributed by atoms with Crippen molar-refractivity contribution >= 4 is 12.6 Å². The van der Waals surface area contributed by atoms with Gasteiger partial charge in [-0.2, -0.15) is 0 Å². The van der Waals surface area contributed by atoms with Crippen molar-refractivity contribution in [2.75, 3.05) is 0 Å². The third kappa shape index (κ3) is 1.59. The maximum Gasteiger partial charge on any atom is 0.00778 e. The smallest absolute Gasteiger partial charge is 0.00778 e. The number of thiol groups is 1. The Morgan fingerprint density at radius 2 is 1.56 bits per heavy atom. The average molecular weight is 258 g/mol. The molecule has 1 heteroatoms. The molecule has 4 saturated carbocycles. The molecular formula is C17H22S. The van der Waals surface area contributed by atoms with Crippen LogP contribution in [0.3, 0.4) is 0 Å². The Morgan fingerprint density at radius 3 is 2.11 bits per heavy atom. The van der Waals surface area contributed by atoms with Gasteiger partial charge in [0.25, 0.3) is 0 Å². The molecule has 4 bridgehead atoms. The maximum absolute atomic E-state index is 4.76. The zero-order chi connectivity index (χ0) is 12.3. The van der Waals surface area contributed by atoms with Gasteiger partial charge in [0.05, 0.1) is 0 Å². The lowest BCUT2D eigenvalue weighted by molar-refractivity contribution is -0.00639. The Labute approximate surface area is 116 Å². The summed E-state index contributed by atoms with van der Waals surface area (Å²) in [5, 5.41) is 0. The molecule has 96 valence electrons. The van der Waals surface area contributed by atoms with Gasteiger partial charge in [-0.1, -0.05) is 17.7 Å². The first-order valence-corrected chi connectivity index (χ1v) is 7.89. The monoisotopic (exact) mass is 258 g/mol. The minimum absolute atomic E-state index is 0.498. The van der Waals surface area contributed by atoms with Crippen LogP contribution in [0.4, 0.5) is 0 Å². The fourth-order valence-electron chi connectivity index (χ4n) is 5.52. The molecule has 18 heavy (non-hydrogen) atoms. The number of aryl methyl sites for hydroxylation is 1. The third-order valence-corrected chi connectivity index (χ3v) is 6.15. The van der Waals surface area contributed by atoms with Crippen LogP contribution in [0.1, 0.15) is 49.7 Å². The van der Waals surface area contributed by atoms with E-state index in [1.807, 2.05) is 0 Å². The first kappa shape index (κ1) is 11.4. The van der Waals surface area contributed by atoms with Crippen LogP contribution in [0.15, 0.2) is 23.1 Å². The summed E-state index contributed by atoms with van der Waals surface area (Å²) in [7, 11) is 0. The number of hydrogen-bond acceptors (Lipinski definition) is 1. The maximum atomic E-state index is 4.76. The zero-order valence-electron chi connectivity index (χ0n) is 11.2. The second-order valence-corrected chi connectivity index (χ2v) is 7.70. The van der Waals surface area contributed by atoms with Crippen LogP contribution in [-0.4, -0.2) is 0 Å². The largest absolute Gasteiger partial charge is 0.143 e. The molecule has 0 heterocycles.